The summed E-state index contributed by atoms with van der Waals surface area (Å²) >= 11 is 5.63. The molecule has 12 heavy (non-hydrogen) atoms. The molecule has 0 spiro atoms. The predicted molar refractivity (Wildman–Crippen MR) is 47.9 cm³/mol. The molecule has 0 aliphatic heterocycles. The van der Waals surface area contributed by atoms with Crippen LogP contribution in [0.1, 0.15) is 18.7 Å². The Morgan fingerprint density at radius 2 is 2.25 bits per heavy atom. The van der Waals surface area contributed by atoms with E-state index < -0.39 is 6.10 Å². The van der Waals surface area contributed by atoms with E-state index in [0.717, 1.165) is 0 Å². The van der Waals surface area contributed by atoms with Crippen LogP contribution in [-0.4, -0.2) is 16.1 Å². The fourth-order valence-corrected chi connectivity index (χ4v) is 1.03. The van der Waals surface area contributed by atoms with Gasteiger partial charge in [0, 0.05) is 6.04 Å². The molecule has 0 bridgehead atoms. The van der Waals surface area contributed by atoms with E-state index >= 15 is 0 Å². The Balaban J connectivity index is 2.88. The van der Waals surface area contributed by atoms with Crippen molar-refractivity contribution in [2.24, 2.45) is 5.73 Å². The van der Waals surface area contributed by atoms with Crippen LogP contribution in [0.2, 0.25) is 5.15 Å². The van der Waals surface area contributed by atoms with Gasteiger partial charge in [-0.2, -0.15) is 0 Å². The molecule has 2 unspecified atom stereocenters. The van der Waals surface area contributed by atoms with Gasteiger partial charge in [-0.05, 0) is 19.1 Å². The van der Waals surface area contributed by atoms with Crippen LogP contribution >= 0.6 is 11.6 Å². The highest BCUT2D eigenvalue weighted by Crippen LogP contribution is 2.14. The maximum absolute atomic E-state index is 9.48. The van der Waals surface area contributed by atoms with E-state index in [1.54, 1.807) is 25.1 Å². The molecule has 0 aliphatic carbocycles. The van der Waals surface area contributed by atoms with Gasteiger partial charge in [-0.15, -0.1) is 0 Å². The lowest BCUT2D eigenvalue weighted by Gasteiger charge is -2.13. The first-order valence-corrected chi connectivity index (χ1v) is 4.05. The van der Waals surface area contributed by atoms with E-state index in [9.17, 15) is 5.11 Å². The molecule has 3 nitrogen and oxygen atoms in total. The Hall–Kier alpha value is -0.640. The number of nitrogens with zero attached hydrogens (tertiary/aromatic N) is 1. The molecule has 2 atom stereocenters. The number of pyridine rings is 1. The minimum Gasteiger partial charge on any atom is -0.385 e. The molecule has 0 saturated heterocycles. The summed E-state index contributed by atoms with van der Waals surface area (Å²) in [5.41, 5.74) is 6.00. The van der Waals surface area contributed by atoms with Crippen LogP contribution in [0.3, 0.4) is 0 Å². The van der Waals surface area contributed by atoms with Crippen molar-refractivity contribution in [2.75, 3.05) is 0 Å². The van der Waals surface area contributed by atoms with Gasteiger partial charge in [0.05, 0.1) is 5.69 Å². The van der Waals surface area contributed by atoms with Crippen molar-refractivity contribution in [1.82, 2.24) is 4.98 Å². The normalized spacial score (nSPS) is 15.7. The van der Waals surface area contributed by atoms with Gasteiger partial charge in [-0.3, -0.25) is 0 Å². The zero-order valence-corrected chi connectivity index (χ0v) is 7.49. The highest BCUT2D eigenvalue weighted by atomic mass is 35.5. The molecule has 0 radical (unpaired) electrons. The van der Waals surface area contributed by atoms with E-state index in [0.29, 0.717) is 10.8 Å². The van der Waals surface area contributed by atoms with Crippen LogP contribution in [0, 0.1) is 0 Å². The average molecular weight is 187 g/mol. The minimum absolute atomic E-state index is 0.337. The summed E-state index contributed by atoms with van der Waals surface area (Å²) in [7, 11) is 0. The molecular weight excluding hydrogens is 176 g/mol. The number of nitrogens with two attached hydrogens (primary N) is 1. The van der Waals surface area contributed by atoms with Crippen molar-refractivity contribution in [2.45, 2.75) is 19.1 Å². The lowest BCUT2D eigenvalue weighted by molar-refractivity contribution is 0.149. The van der Waals surface area contributed by atoms with Crippen molar-refractivity contribution in [3.8, 4) is 0 Å². The fraction of sp³-hybridized carbons (Fsp3) is 0.375. The highest BCUT2D eigenvalue weighted by molar-refractivity contribution is 6.29. The second kappa shape index (κ2) is 3.85. The lowest BCUT2D eigenvalue weighted by atomic mass is 10.1. The summed E-state index contributed by atoms with van der Waals surface area (Å²) in [4.78, 5) is 3.93. The minimum atomic E-state index is -0.747. The first-order valence-electron chi connectivity index (χ1n) is 3.67. The Kier molecular flexibility index (Phi) is 3.03. The molecule has 3 N–H and O–H groups in total. The van der Waals surface area contributed by atoms with E-state index in [1.807, 2.05) is 0 Å². The molecule has 0 aromatic carbocycles. The number of aromatic nitrogens is 1. The third-order valence-electron chi connectivity index (χ3n) is 1.54. The van der Waals surface area contributed by atoms with E-state index in [-0.39, 0.29) is 6.04 Å². The zero-order valence-electron chi connectivity index (χ0n) is 6.74. The van der Waals surface area contributed by atoms with Crippen molar-refractivity contribution in [3.05, 3.63) is 29.0 Å². The third kappa shape index (κ3) is 2.17. The molecule has 1 heterocycles. The fourth-order valence-electron chi connectivity index (χ4n) is 0.858. The van der Waals surface area contributed by atoms with Crippen LogP contribution in [-0.2, 0) is 0 Å². The van der Waals surface area contributed by atoms with Gasteiger partial charge in [0.1, 0.15) is 11.3 Å². The molecule has 0 aliphatic rings. The first kappa shape index (κ1) is 9.45. The number of hydrogen-bond acceptors (Lipinski definition) is 3. The molecule has 0 fully saturated rings. The van der Waals surface area contributed by atoms with Gasteiger partial charge in [-0.25, -0.2) is 4.98 Å². The summed E-state index contributed by atoms with van der Waals surface area (Å²) in [5.74, 6) is 0. The monoisotopic (exact) mass is 186 g/mol. The van der Waals surface area contributed by atoms with Crippen molar-refractivity contribution in [1.29, 1.82) is 0 Å². The molecular formula is C8H11ClN2O. The third-order valence-corrected chi connectivity index (χ3v) is 1.75. The maximum atomic E-state index is 9.48. The van der Waals surface area contributed by atoms with Gasteiger partial charge in [-0.1, -0.05) is 17.7 Å². The first-order chi connectivity index (χ1) is 5.61. The summed E-state index contributed by atoms with van der Waals surface area (Å²) in [5, 5.41) is 9.84. The van der Waals surface area contributed by atoms with Crippen LogP contribution in [0.25, 0.3) is 0 Å². The summed E-state index contributed by atoms with van der Waals surface area (Å²) in [6.07, 6.45) is -0.747. The van der Waals surface area contributed by atoms with Gasteiger partial charge in [0.15, 0.2) is 0 Å². The highest BCUT2D eigenvalue weighted by Gasteiger charge is 2.13. The number of aliphatic hydroxyl groups excluding tert-OH is 1. The largest absolute Gasteiger partial charge is 0.385 e. The molecule has 0 saturated carbocycles. The Bertz CT molecular complexity index is 265. The molecule has 4 heteroatoms. The maximum Gasteiger partial charge on any atom is 0.129 e. The van der Waals surface area contributed by atoms with Crippen LogP contribution in [0.15, 0.2) is 18.2 Å². The molecule has 66 valence electrons. The Morgan fingerprint density at radius 3 is 2.75 bits per heavy atom. The molecule has 1 rings (SSSR count). The van der Waals surface area contributed by atoms with E-state index in [1.165, 1.54) is 0 Å². The van der Waals surface area contributed by atoms with E-state index in [2.05, 4.69) is 4.98 Å². The number of halogens is 1. The van der Waals surface area contributed by atoms with Gasteiger partial charge < -0.3 is 10.8 Å². The van der Waals surface area contributed by atoms with Gasteiger partial charge in [0.2, 0.25) is 0 Å². The molecule has 1 aromatic heterocycles. The lowest BCUT2D eigenvalue weighted by Crippen LogP contribution is -2.25. The number of hydrogen-bond donors (Lipinski definition) is 2. The molecule has 0 amide bonds. The van der Waals surface area contributed by atoms with Gasteiger partial charge in [0.25, 0.3) is 0 Å². The standard InChI is InChI=1S/C8H11ClN2O/c1-5(10)8(12)6-3-2-4-7(9)11-6/h2-5,8,12H,10H2,1H3. The quantitative estimate of drug-likeness (QED) is 0.681. The molecule has 1 aromatic rings. The summed E-state index contributed by atoms with van der Waals surface area (Å²) < 4.78 is 0. The summed E-state index contributed by atoms with van der Waals surface area (Å²) in [6, 6.07) is 4.74. The smallest absolute Gasteiger partial charge is 0.129 e. The van der Waals surface area contributed by atoms with Crippen LogP contribution in [0.4, 0.5) is 0 Å². The topological polar surface area (TPSA) is 59.1 Å². The second-order valence-corrected chi connectivity index (χ2v) is 3.08. The zero-order chi connectivity index (χ0) is 9.14. The number of aliphatic hydroxyl groups is 1. The number of rotatable bonds is 2. The van der Waals surface area contributed by atoms with Crippen molar-refractivity contribution < 1.29 is 5.11 Å². The van der Waals surface area contributed by atoms with Crippen LogP contribution in [0.5, 0.6) is 0 Å². The van der Waals surface area contributed by atoms with Crippen LogP contribution < -0.4 is 5.73 Å². The van der Waals surface area contributed by atoms with Gasteiger partial charge >= 0.3 is 0 Å². The SMILES string of the molecule is CC(N)C(O)c1cccc(Cl)n1. The van der Waals surface area contributed by atoms with Crippen molar-refractivity contribution in [3.63, 3.8) is 0 Å². The Labute approximate surface area is 76.2 Å². The predicted octanol–water partition coefficient (Wildman–Crippen LogP) is 1.12. The Morgan fingerprint density at radius 1 is 1.58 bits per heavy atom. The van der Waals surface area contributed by atoms with E-state index in [4.69, 9.17) is 17.3 Å². The second-order valence-electron chi connectivity index (χ2n) is 2.69. The van der Waals surface area contributed by atoms with Crippen molar-refractivity contribution >= 4 is 11.6 Å². The summed E-state index contributed by atoms with van der Waals surface area (Å²) in [6.45, 7) is 1.72. The average Bonchev–Trinajstić information content (AvgIpc) is 2.03.